The van der Waals surface area contributed by atoms with Crippen LogP contribution < -0.4 is 5.32 Å². The maximum absolute atomic E-state index is 11.0. The van der Waals surface area contributed by atoms with E-state index in [1.54, 1.807) is 18.1 Å². The minimum Gasteiger partial charge on any atom is -0.480 e. The van der Waals surface area contributed by atoms with Crippen LogP contribution in [0.3, 0.4) is 0 Å². The second kappa shape index (κ2) is 6.89. The third-order valence-electron chi connectivity index (χ3n) is 2.17. The zero-order valence-corrected chi connectivity index (χ0v) is 10.6. The molecule has 0 amide bonds. The zero-order chi connectivity index (χ0) is 12.7. The van der Waals surface area contributed by atoms with E-state index >= 15 is 0 Å². The number of carbonyl (C=O) groups is 1. The van der Waals surface area contributed by atoms with Gasteiger partial charge in [0.1, 0.15) is 12.0 Å². The molecule has 1 unspecified atom stereocenters. The first kappa shape index (κ1) is 13.5. The van der Waals surface area contributed by atoms with Crippen molar-refractivity contribution in [2.45, 2.75) is 18.9 Å². The average Bonchev–Trinajstić information content (AvgIpc) is 2.30. The fraction of sp³-hybridized carbons (Fsp3) is 0.250. The van der Waals surface area contributed by atoms with Crippen LogP contribution in [0.25, 0.3) is 0 Å². The van der Waals surface area contributed by atoms with E-state index in [-0.39, 0.29) is 0 Å². The molecule has 1 aromatic carbocycles. The number of carbonyl (C=O) groups excluding carboxylic acids is 1. The van der Waals surface area contributed by atoms with E-state index in [1.165, 1.54) is 6.08 Å². The molecule has 4 nitrogen and oxygen atoms in total. The number of aliphatic carboxylic acids is 1. The number of anilines is 1. The molecule has 1 atom stereocenters. The van der Waals surface area contributed by atoms with Crippen LogP contribution in [-0.2, 0) is 9.59 Å². The van der Waals surface area contributed by atoms with Crippen molar-refractivity contribution in [2.75, 3.05) is 5.32 Å². The number of rotatable bonds is 6. The van der Waals surface area contributed by atoms with Gasteiger partial charge in [-0.3, -0.25) is 0 Å². The van der Waals surface area contributed by atoms with Crippen molar-refractivity contribution in [3.8, 4) is 0 Å². The summed E-state index contributed by atoms with van der Waals surface area (Å²) in [7, 11) is 0. The van der Waals surface area contributed by atoms with Crippen LogP contribution in [-0.4, -0.2) is 23.1 Å². The van der Waals surface area contributed by atoms with E-state index in [4.69, 9.17) is 5.11 Å². The number of benzene rings is 1. The highest BCUT2D eigenvalue weighted by Crippen LogP contribution is 2.16. The third-order valence-corrected chi connectivity index (χ3v) is 2.69. The van der Waals surface area contributed by atoms with Crippen LogP contribution in [0.1, 0.15) is 12.8 Å². The Morgan fingerprint density at radius 1 is 1.47 bits per heavy atom. The molecule has 0 saturated carbocycles. The molecule has 5 heteroatoms. The summed E-state index contributed by atoms with van der Waals surface area (Å²) in [6.45, 7) is 0. The Morgan fingerprint density at radius 3 is 2.65 bits per heavy atom. The molecule has 0 aromatic heterocycles. The summed E-state index contributed by atoms with van der Waals surface area (Å²) >= 11 is 3.30. The fourth-order valence-electron chi connectivity index (χ4n) is 1.31. The van der Waals surface area contributed by atoms with Gasteiger partial charge in [-0.1, -0.05) is 15.9 Å². The Morgan fingerprint density at radius 2 is 2.12 bits per heavy atom. The van der Waals surface area contributed by atoms with Gasteiger partial charge in [0, 0.05) is 10.2 Å². The summed E-state index contributed by atoms with van der Waals surface area (Å²) in [4.78, 5) is 21.0. The van der Waals surface area contributed by atoms with Crippen molar-refractivity contribution >= 4 is 33.5 Å². The molecule has 0 heterocycles. The van der Waals surface area contributed by atoms with Gasteiger partial charge in [0.2, 0.25) is 0 Å². The molecule has 1 rings (SSSR count). The van der Waals surface area contributed by atoms with E-state index in [0.29, 0.717) is 12.8 Å². The largest absolute Gasteiger partial charge is 0.480 e. The zero-order valence-electron chi connectivity index (χ0n) is 9.02. The molecule has 0 radical (unpaired) electrons. The van der Waals surface area contributed by atoms with Gasteiger partial charge in [-0.05, 0) is 43.2 Å². The second-order valence-corrected chi connectivity index (χ2v) is 4.36. The van der Waals surface area contributed by atoms with E-state index < -0.39 is 12.0 Å². The van der Waals surface area contributed by atoms with Crippen molar-refractivity contribution in [1.82, 2.24) is 0 Å². The molecule has 0 bridgehead atoms. The number of carboxylic acids is 1. The van der Waals surface area contributed by atoms with Gasteiger partial charge >= 0.3 is 5.97 Å². The van der Waals surface area contributed by atoms with Crippen LogP contribution >= 0.6 is 15.9 Å². The first-order chi connectivity index (χ1) is 8.13. The van der Waals surface area contributed by atoms with E-state index in [2.05, 4.69) is 21.2 Å². The molecule has 0 saturated heterocycles. The summed E-state index contributed by atoms with van der Waals surface area (Å²) < 4.78 is 0.929. The number of hydrogen-bond acceptors (Lipinski definition) is 3. The highest BCUT2D eigenvalue weighted by Gasteiger charge is 2.15. The molecule has 17 heavy (non-hydrogen) atoms. The number of allylic oxidation sites excluding steroid dienone is 1. The molecular weight excluding hydrogens is 286 g/mol. The first-order valence-corrected chi connectivity index (χ1v) is 5.87. The smallest absolute Gasteiger partial charge is 0.326 e. The monoisotopic (exact) mass is 297 g/mol. The summed E-state index contributed by atoms with van der Waals surface area (Å²) in [5, 5.41) is 11.9. The lowest BCUT2D eigenvalue weighted by Crippen LogP contribution is -2.28. The maximum atomic E-state index is 11.0. The van der Waals surface area contributed by atoms with Gasteiger partial charge in [0.05, 0.1) is 0 Å². The molecule has 0 aliphatic carbocycles. The highest BCUT2D eigenvalue weighted by molar-refractivity contribution is 9.10. The normalized spacial score (nSPS) is 11.4. The average molecular weight is 298 g/mol. The van der Waals surface area contributed by atoms with E-state index in [0.717, 1.165) is 10.2 Å². The van der Waals surface area contributed by atoms with Gasteiger partial charge < -0.3 is 10.4 Å². The second-order valence-electron chi connectivity index (χ2n) is 3.44. The van der Waals surface area contributed by atoms with Gasteiger partial charge in [0.15, 0.2) is 0 Å². The Balaban J connectivity index is 2.63. The Labute approximate surface area is 107 Å². The topological polar surface area (TPSA) is 66.4 Å². The maximum Gasteiger partial charge on any atom is 0.326 e. The summed E-state index contributed by atoms with van der Waals surface area (Å²) in [5.74, 6) is 0.694. The Hall–Kier alpha value is -1.58. The lowest BCUT2D eigenvalue weighted by molar-refractivity contribution is -0.138. The quantitative estimate of drug-likeness (QED) is 0.792. The number of hydrogen-bond donors (Lipinski definition) is 2. The van der Waals surface area contributed by atoms with Gasteiger partial charge in [-0.2, -0.15) is 0 Å². The standard InChI is InChI=1S/C12H12BrNO3/c13-9-4-6-10(7-5-9)14-11(12(16)17)3-1-2-8-15/h2,4-7,11,14H,1,3H2,(H,16,17). The van der Waals surface area contributed by atoms with Crippen LogP contribution in [0.2, 0.25) is 0 Å². The molecule has 1 aromatic rings. The van der Waals surface area contributed by atoms with Crippen molar-refractivity contribution in [3.05, 3.63) is 34.8 Å². The summed E-state index contributed by atoms with van der Waals surface area (Å²) in [5.41, 5.74) is 0.732. The van der Waals surface area contributed by atoms with Crippen molar-refractivity contribution in [3.63, 3.8) is 0 Å². The molecule has 0 spiro atoms. The summed E-state index contributed by atoms with van der Waals surface area (Å²) in [6, 6.07) is 6.52. The van der Waals surface area contributed by atoms with Crippen LogP contribution in [0.15, 0.2) is 34.8 Å². The fourth-order valence-corrected chi connectivity index (χ4v) is 1.58. The number of nitrogens with one attached hydrogen (secondary N) is 1. The molecule has 0 aliphatic heterocycles. The molecular formula is C12H12BrNO3. The predicted octanol–water partition coefficient (Wildman–Crippen LogP) is 2.48. The van der Waals surface area contributed by atoms with Crippen molar-refractivity contribution < 1.29 is 14.7 Å². The van der Waals surface area contributed by atoms with Gasteiger partial charge in [0.25, 0.3) is 0 Å². The molecule has 2 N–H and O–H groups in total. The SMILES string of the molecule is O=C=CCCC(Nc1ccc(Br)cc1)C(=O)O. The predicted molar refractivity (Wildman–Crippen MR) is 68.7 cm³/mol. The first-order valence-electron chi connectivity index (χ1n) is 5.07. The van der Waals surface area contributed by atoms with Crippen molar-refractivity contribution in [2.24, 2.45) is 0 Å². The van der Waals surface area contributed by atoms with E-state index in [9.17, 15) is 9.59 Å². The molecule has 90 valence electrons. The number of halogens is 1. The van der Waals surface area contributed by atoms with Gasteiger partial charge in [-0.25, -0.2) is 9.59 Å². The lowest BCUT2D eigenvalue weighted by atomic mass is 10.1. The highest BCUT2D eigenvalue weighted by atomic mass is 79.9. The van der Waals surface area contributed by atoms with Crippen LogP contribution in [0, 0.1) is 0 Å². The third kappa shape index (κ3) is 4.85. The van der Waals surface area contributed by atoms with Crippen LogP contribution in [0.5, 0.6) is 0 Å². The molecule has 0 fully saturated rings. The minimum atomic E-state index is -0.938. The van der Waals surface area contributed by atoms with Crippen LogP contribution in [0.4, 0.5) is 5.69 Å². The Kier molecular flexibility index (Phi) is 5.46. The van der Waals surface area contributed by atoms with Gasteiger partial charge in [-0.15, -0.1) is 0 Å². The lowest BCUT2D eigenvalue weighted by Gasteiger charge is -2.14. The number of carboxylic acid groups (broad SMARTS) is 1. The summed E-state index contributed by atoms with van der Waals surface area (Å²) in [6.07, 6.45) is 2.03. The Bertz CT molecular complexity index is 424. The van der Waals surface area contributed by atoms with E-state index in [1.807, 2.05) is 12.1 Å². The van der Waals surface area contributed by atoms with Crippen molar-refractivity contribution in [1.29, 1.82) is 0 Å². The molecule has 0 aliphatic rings. The minimum absolute atomic E-state index is 0.348.